The second-order valence-electron chi connectivity index (χ2n) is 3.80. The topological polar surface area (TPSA) is 26.3 Å². The molecule has 0 unspecified atom stereocenters. The molecule has 0 atom stereocenters. The van der Waals surface area contributed by atoms with Crippen molar-refractivity contribution in [1.82, 2.24) is 0 Å². The van der Waals surface area contributed by atoms with Gasteiger partial charge in [0.15, 0.2) is 5.78 Å². The predicted octanol–water partition coefficient (Wildman–Crippen LogP) is 3.48. The standard InChI is InChI=1S/C13H18O2S/c1-4-11-5-6-13(16-11)12(14)9-15-8-7-10(2)3/h5-6H,2,4,7-9H2,1,3H3. The minimum Gasteiger partial charge on any atom is -0.373 e. The van der Waals surface area contributed by atoms with Crippen LogP contribution >= 0.6 is 11.3 Å². The molecular formula is C13H18O2S. The fraction of sp³-hybridized carbons (Fsp3) is 0.462. The van der Waals surface area contributed by atoms with Gasteiger partial charge < -0.3 is 4.74 Å². The summed E-state index contributed by atoms with van der Waals surface area (Å²) in [4.78, 5) is 13.7. The smallest absolute Gasteiger partial charge is 0.198 e. The lowest BCUT2D eigenvalue weighted by Crippen LogP contribution is -2.08. The molecule has 0 bridgehead atoms. The molecule has 0 saturated heterocycles. The average Bonchev–Trinajstić information content (AvgIpc) is 2.72. The molecule has 0 saturated carbocycles. The Morgan fingerprint density at radius 2 is 2.25 bits per heavy atom. The van der Waals surface area contributed by atoms with Crippen molar-refractivity contribution in [3.63, 3.8) is 0 Å². The lowest BCUT2D eigenvalue weighted by atomic mass is 10.2. The third-order valence-electron chi connectivity index (χ3n) is 2.19. The highest BCUT2D eigenvalue weighted by Gasteiger charge is 2.08. The van der Waals surface area contributed by atoms with Crippen LogP contribution in [0.5, 0.6) is 0 Å². The first-order chi connectivity index (χ1) is 7.63. The number of carbonyl (C=O) groups is 1. The molecular weight excluding hydrogens is 220 g/mol. The molecule has 1 rings (SSSR count). The van der Waals surface area contributed by atoms with E-state index in [1.807, 2.05) is 19.1 Å². The van der Waals surface area contributed by atoms with E-state index in [0.717, 1.165) is 23.3 Å². The highest BCUT2D eigenvalue weighted by molar-refractivity contribution is 7.14. The van der Waals surface area contributed by atoms with Crippen molar-refractivity contribution >= 4 is 17.1 Å². The van der Waals surface area contributed by atoms with Crippen LogP contribution in [0.25, 0.3) is 0 Å². The molecule has 2 nitrogen and oxygen atoms in total. The maximum atomic E-state index is 11.7. The number of rotatable bonds is 7. The molecule has 0 fully saturated rings. The van der Waals surface area contributed by atoms with Crippen molar-refractivity contribution in [2.24, 2.45) is 0 Å². The second-order valence-corrected chi connectivity index (χ2v) is 4.97. The fourth-order valence-electron chi connectivity index (χ4n) is 1.20. The first kappa shape index (κ1) is 13.1. The molecule has 3 heteroatoms. The van der Waals surface area contributed by atoms with E-state index in [4.69, 9.17) is 4.74 Å². The molecule has 88 valence electrons. The molecule has 0 radical (unpaired) electrons. The normalized spacial score (nSPS) is 10.4. The maximum absolute atomic E-state index is 11.7. The molecule has 0 aliphatic rings. The highest BCUT2D eigenvalue weighted by atomic mass is 32.1. The van der Waals surface area contributed by atoms with Gasteiger partial charge >= 0.3 is 0 Å². The first-order valence-corrected chi connectivity index (χ1v) is 6.29. The Labute approximate surface area is 101 Å². The zero-order chi connectivity index (χ0) is 12.0. The summed E-state index contributed by atoms with van der Waals surface area (Å²) in [5.74, 6) is 0.0754. The third kappa shape index (κ3) is 4.29. The van der Waals surface area contributed by atoms with Crippen LogP contribution in [0.2, 0.25) is 0 Å². The SMILES string of the molecule is C=C(C)CCOCC(=O)c1ccc(CC)s1. The van der Waals surface area contributed by atoms with Crippen LogP contribution in [0.3, 0.4) is 0 Å². The Bertz CT molecular complexity index is 366. The lowest BCUT2D eigenvalue weighted by Gasteiger charge is -2.01. The summed E-state index contributed by atoms with van der Waals surface area (Å²) < 4.78 is 5.30. The number of hydrogen-bond acceptors (Lipinski definition) is 3. The summed E-state index contributed by atoms with van der Waals surface area (Å²) in [6, 6.07) is 3.89. The molecule has 0 N–H and O–H groups in total. The number of hydrogen-bond donors (Lipinski definition) is 0. The van der Waals surface area contributed by atoms with Crippen LogP contribution in [0.1, 0.15) is 34.8 Å². The van der Waals surface area contributed by atoms with Crippen LogP contribution < -0.4 is 0 Å². The van der Waals surface area contributed by atoms with Gasteiger partial charge in [0.2, 0.25) is 0 Å². The fourth-order valence-corrected chi connectivity index (χ4v) is 2.07. The van der Waals surface area contributed by atoms with Gasteiger partial charge in [0, 0.05) is 4.88 Å². The lowest BCUT2D eigenvalue weighted by molar-refractivity contribution is 0.0769. The van der Waals surface area contributed by atoms with E-state index in [-0.39, 0.29) is 12.4 Å². The monoisotopic (exact) mass is 238 g/mol. The Balaban J connectivity index is 2.32. The van der Waals surface area contributed by atoms with Gasteiger partial charge in [-0.1, -0.05) is 12.5 Å². The van der Waals surface area contributed by atoms with Crippen molar-refractivity contribution in [1.29, 1.82) is 0 Å². The van der Waals surface area contributed by atoms with Crippen molar-refractivity contribution in [3.8, 4) is 0 Å². The zero-order valence-electron chi connectivity index (χ0n) is 9.91. The summed E-state index contributed by atoms with van der Waals surface area (Å²) in [6.07, 6.45) is 1.80. The van der Waals surface area contributed by atoms with Gasteiger partial charge in [0.25, 0.3) is 0 Å². The first-order valence-electron chi connectivity index (χ1n) is 5.47. The number of carbonyl (C=O) groups excluding carboxylic acids is 1. The van der Waals surface area contributed by atoms with Gasteiger partial charge in [-0.25, -0.2) is 0 Å². The third-order valence-corrected chi connectivity index (χ3v) is 3.46. The maximum Gasteiger partial charge on any atom is 0.198 e. The molecule has 0 aromatic carbocycles. The van der Waals surface area contributed by atoms with Gasteiger partial charge in [-0.05, 0) is 31.9 Å². The Morgan fingerprint density at radius 1 is 1.50 bits per heavy atom. The predicted molar refractivity (Wildman–Crippen MR) is 68.3 cm³/mol. The Hall–Kier alpha value is -0.930. The quantitative estimate of drug-likeness (QED) is 0.413. The highest BCUT2D eigenvalue weighted by Crippen LogP contribution is 2.17. The molecule has 1 aromatic heterocycles. The van der Waals surface area contributed by atoms with Crippen LogP contribution in [0, 0.1) is 0 Å². The number of ether oxygens (including phenoxy) is 1. The van der Waals surface area contributed by atoms with Gasteiger partial charge in [-0.3, -0.25) is 4.79 Å². The van der Waals surface area contributed by atoms with E-state index in [2.05, 4.69) is 13.5 Å². The minimum atomic E-state index is 0.0754. The summed E-state index contributed by atoms with van der Waals surface area (Å²) in [7, 11) is 0. The van der Waals surface area contributed by atoms with Gasteiger partial charge in [-0.15, -0.1) is 17.9 Å². The van der Waals surface area contributed by atoms with Crippen LogP contribution in [-0.4, -0.2) is 19.0 Å². The number of aryl methyl sites for hydroxylation is 1. The summed E-state index contributed by atoms with van der Waals surface area (Å²) >= 11 is 1.56. The molecule has 16 heavy (non-hydrogen) atoms. The van der Waals surface area contributed by atoms with Crippen molar-refractivity contribution in [2.75, 3.05) is 13.2 Å². The van der Waals surface area contributed by atoms with E-state index in [9.17, 15) is 4.79 Å². The van der Waals surface area contributed by atoms with Gasteiger partial charge in [-0.2, -0.15) is 0 Å². The van der Waals surface area contributed by atoms with E-state index < -0.39 is 0 Å². The molecule has 0 aliphatic heterocycles. The van der Waals surface area contributed by atoms with E-state index in [1.54, 1.807) is 11.3 Å². The zero-order valence-corrected chi connectivity index (χ0v) is 10.7. The number of Topliss-reactive ketones (excluding diaryl/α,β-unsaturated/α-hetero) is 1. The van der Waals surface area contributed by atoms with E-state index in [0.29, 0.717) is 6.61 Å². The number of thiophene rings is 1. The van der Waals surface area contributed by atoms with Crippen LogP contribution in [-0.2, 0) is 11.2 Å². The summed E-state index contributed by atoms with van der Waals surface area (Å²) in [6.45, 7) is 8.58. The molecule has 0 aliphatic carbocycles. The summed E-state index contributed by atoms with van der Waals surface area (Å²) in [5.41, 5.74) is 1.08. The Kier molecular flexibility index (Phi) is 5.43. The van der Waals surface area contributed by atoms with Crippen LogP contribution in [0.15, 0.2) is 24.3 Å². The Morgan fingerprint density at radius 3 is 2.81 bits per heavy atom. The van der Waals surface area contributed by atoms with E-state index in [1.165, 1.54) is 4.88 Å². The largest absolute Gasteiger partial charge is 0.373 e. The molecule has 1 heterocycles. The minimum absolute atomic E-state index is 0.0754. The second kappa shape index (κ2) is 6.61. The van der Waals surface area contributed by atoms with Crippen molar-refractivity contribution in [2.45, 2.75) is 26.7 Å². The number of ketones is 1. The molecule has 0 spiro atoms. The van der Waals surface area contributed by atoms with Crippen molar-refractivity contribution in [3.05, 3.63) is 34.0 Å². The van der Waals surface area contributed by atoms with Gasteiger partial charge in [0.1, 0.15) is 6.61 Å². The van der Waals surface area contributed by atoms with Crippen LogP contribution in [0.4, 0.5) is 0 Å². The van der Waals surface area contributed by atoms with Gasteiger partial charge in [0.05, 0.1) is 11.5 Å². The molecule has 1 aromatic rings. The average molecular weight is 238 g/mol. The van der Waals surface area contributed by atoms with E-state index >= 15 is 0 Å². The molecule has 0 amide bonds. The summed E-state index contributed by atoms with van der Waals surface area (Å²) in [5, 5.41) is 0. The van der Waals surface area contributed by atoms with Crippen molar-refractivity contribution < 1.29 is 9.53 Å².